The van der Waals surface area contributed by atoms with Crippen LogP contribution in [0.3, 0.4) is 0 Å². The topological polar surface area (TPSA) is 55.7 Å². The van der Waals surface area contributed by atoms with Crippen molar-refractivity contribution in [3.8, 4) is 0 Å². The minimum Gasteiger partial charge on any atom is -0.430 e. The number of hydrogen-bond donors (Lipinski definition) is 0. The Balaban J connectivity index is 2.54. The molecule has 0 aromatic carbocycles. The summed E-state index contributed by atoms with van der Waals surface area (Å²) in [6.07, 6.45) is 1.18. The van der Waals surface area contributed by atoms with Gasteiger partial charge >= 0.3 is 0 Å². The number of nitrogens with zero attached hydrogens (tertiary/aromatic N) is 1. The van der Waals surface area contributed by atoms with E-state index in [0.29, 0.717) is 20.8 Å². The van der Waals surface area contributed by atoms with Gasteiger partial charge in [-0.3, -0.25) is 0 Å². The third-order valence-corrected chi connectivity index (χ3v) is 5.27. The van der Waals surface area contributed by atoms with E-state index in [9.17, 15) is 8.42 Å². The van der Waals surface area contributed by atoms with Gasteiger partial charge in [0.25, 0.3) is 0 Å². The molecule has 0 aliphatic carbocycles. The SMILES string of the molecule is C=C1OC(c2cc(C)sc2S(C)(=O)=O)=NS1. The van der Waals surface area contributed by atoms with Crippen LogP contribution in [0, 0.1) is 6.92 Å². The molecule has 0 fully saturated rings. The van der Waals surface area contributed by atoms with Gasteiger partial charge in [-0.1, -0.05) is 0 Å². The highest BCUT2D eigenvalue weighted by Crippen LogP contribution is 2.33. The molecular weight excluding hydrogens is 266 g/mol. The first-order chi connectivity index (χ1) is 7.38. The number of aryl methyl sites for hydroxylation is 1. The number of thiophene rings is 1. The minimum absolute atomic E-state index is 0.291. The highest BCUT2D eigenvalue weighted by Gasteiger charge is 2.25. The lowest BCUT2D eigenvalue weighted by Gasteiger charge is -2.00. The molecule has 7 heteroatoms. The zero-order valence-electron chi connectivity index (χ0n) is 8.68. The fourth-order valence-corrected chi connectivity index (χ4v) is 3.97. The molecule has 0 saturated carbocycles. The van der Waals surface area contributed by atoms with E-state index in [2.05, 4.69) is 11.0 Å². The van der Waals surface area contributed by atoms with Crippen molar-refractivity contribution in [2.45, 2.75) is 11.1 Å². The van der Waals surface area contributed by atoms with Gasteiger partial charge in [0.2, 0.25) is 5.90 Å². The van der Waals surface area contributed by atoms with Gasteiger partial charge in [-0.2, -0.15) is 4.40 Å². The average Bonchev–Trinajstić information content (AvgIpc) is 2.70. The fraction of sp³-hybridized carbons (Fsp3) is 0.222. The maximum absolute atomic E-state index is 11.6. The van der Waals surface area contributed by atoms with Crippen LogP contribution in [0.4, 0.5) is 0 Å². The predicted molar refractivity (Wildman–Crippen MR) is 66.5 cm³/mol. The molecule has 0 saturated heterocycles. The van der Waals surface area contributed by atoms with E-state index in [-0.39, 0.29) is 0 Å². The van der Waals surface area contributed by atoms with Gasteiger partial charge in [-0.25, -0.2) is 8.42 Å². The van der Waals surface area contributed by atoms with Crippen LogP contribution in [0.5, 0.6) is 0 Å². The second-order valence-electron chi connectivity index (χ2n) is 3.29. The smallest absolute Gasteiger partial charge is 0.236 e. The van der Waals surface area contributed by atoms with Crippen molar-refractivity contribution in [1.82, 2.24) is 0 Å². The van der Waals surface area contributed by atoms with Crippen molar-refractivity contribution in [3.63, 3.8) is 0 Å². The number of rotatable bonds is 2. The number of ether oxygens (including phenoxy) is 1. The van der Waals surface area contributed by atoms with E-state index in [4.69, 9.17) is 4.74 Å². The van der Waals surface area contributed by atoms with Crippen molar-refractivity contribution < 1.29 is 13.2 Å². The summed E-state index contributed by atoms with van der Waals surface area (Å²) >= 11 is 2.33. The molecule has 0 spiro atoms. The van der Waals surface area contributed by atoms with Crippen molar-refractivity contribution >= 4 is 39.0 Å². The van der Waals surface area contributed by atoms with E-state index < -0.39 is 9.84 Å². The van der Waals surface area contributed by atoms with Crippen LogP contribution in [0.25, 0.3) is 0 Å². The largest absolute Gasteiger partial charge is 0.430 e. The molecule has 86 valence electrons. The van der Waals surface area contributed by atoms with Crippen LogP contribution in [-0.2, 0) is 14.6 Å². The van der Waals surface area contributed by atoms with Gasteiger partial charge in [-0.05, 0) is 19.6 Å². The summed E-state index contributed by atoms with van der Waals surface area (Å²) in [6.45, 7) is 5.46. The van der Waals surface area contributed by atoms with E-state index in [1.54, 1.807) is 6.07 Å². The summed E-state index contributed by atoms with van der Waals surface area (Å²) in [4.78, 5) is 0.907. The molecule has 16 heavy (non-hydrogen) atoms. The van der Waals surface area contributed by atoms with Crippen LogP contribution in [0.1, 0.15) is 10.4 Å². The summed E-state index contributed by atoms with van der Waals surface area (Å²) < 4.78 is 32.7. The molecule has 1 aromatic heterocycles. The summed E-state index contributed by atoms with van der Waals surface area (Å²) in [6, 6.07) is 1.76. The molecule has 1 aliphatic heterocycles. The first kappa shape index (κ1) is 11.7. The Labute approximate surface area is 102 Å². The molecule has 0 N–H and O–H groups in total. The Kier molecular flexibility index (Phi) is 2.85. The van der Waals surface area contributed by atoms with Crippen LogP contribution in [0.15, 0.2) is 26.3 Å². The quantitative estimate of drug-likeness (QED) is 0.777. The maximum Gasteiger partial charge on any atom is 0.236 e. The van der Waals surface area contributed by atoms with E-state index in [0.717, 1.165) is 16.8 Å². The normalized spacial score (nSPS) is 16.1. The molecule has 2 rings (SSSR count). The summed E-state index contributed by atoms with van der Waals surface area (Å²) in [5.41, 5.74) is 0.524. The zero-order valence-corrected chi connectivity index (χ0v) is 11.1. The van der Waals surface area contributed by atoms with Crippen LogP contribution in [0.2, 0.25) is 0 Å². The number of sulfone groups is 1. The fourth-order valence-electron chi connectivity index (χ4n) is 1.26. The second-order valence-corrected chi connectivity index (χ2v) is 7.58. The van der Waals surface area contributed by atoms with Crippen molar-refractivity contribution in [2.24, 2.45) is 4.40 Å². The van der Waals surface area contributed by atoms with Gasteiger partial charge in [-0.15, -0.1) is 11.3 Å². The molecule has 0 unspecified atom stereocenters. The highest BCUT2D eigenvalue weighted by atomic mass is 32.2. The van der Waals surface area contributed by atoms with Gasteiger partial charge < -0.3 is 4.74 Å². The monoisotopic (exact) mass is 275 g/mol. The van der Waals surface area contributed by atoms with E-state index in [1.807, 2.05) is 6.92 Å². The highest BCUT2D eigenvalue weighted by molar-refractivity contribution is 8.02. The third kappa shape index (κ3) is 2.16. The Morgan fingerprint density at radius 3 is 2.69 bits per heavy atom. The van der Waals surface area contributed by atoms with E-state index in [1.165, 1.54) is 17.6 Å². The van der Waals surface area contributed by atoms with Gasteiger partial charge in [0.1, 0.15) is 4.21 Å². The lowest BCUT2D eigenvalue weighted by atomic mass is 10.3. The second kappa shape index (κ2) is 3.90. The molecular formula is C9H9NO3S3. The van der Waals surface area contributed by atoms with Crippen LogP contribution < -0.4 is 0 Å². The van der Waals surface area contributed by atoms with Gasteiger partial charge in [0.15, 0.2) is 14.9 Å². The molecule has 1 aliphatic rings. The van der Waals surface area contributed by atoms with Crippen molar-refractivity contribution in [1.29, 1.82) is 0 Å². The zero-order chi connectivity index (χ0) is 11.9. The molecule has 4 nitrogen and oxygen atoms in total. The molecule has 0 radical (unpaired) electrons. The Morgan fingerprint density at radius 2 is 2.19 bits per heavy atom. The summed E-state index contributed by atoms with van der Waals surface area (Å²) in [5, 5.41) is 0.457. The van der Waals surface area contributed by atoms with Crippen molar-refractivity contribution in [3.05, 3.63) is 28.2 Å². The van der Waals surface area contributed by atoms with Crippen LogP contribution in [-0.4, -0.2) is 20.6 Å². The third-order valence-electron chi connectivity index (χ3n) is 1.83. The summed E-state index contributed by atoms with van der Waals surface area (Å²) in [5.74, 6) is 0.319. The molecule has 2 heterocycles. The van der Waals surface area contributed by atoms with Gasteiger partial charge in [0.05, 0.1) is 17.5 Å². The average molecular weight is 275 g/mol. The molecule has 0 amide bonds. The van der Waals surface area contributed by atoms with Gasteiger partial charge in [0, 0.05) is 11.1 Å². The first-order valence-electron chi connectivity index (χ1n) is 4.30. The predicted octanol–water partition coefficient (Wildman–Crippen LogP) is 2.36. The molecule has 0 atom stereocenters. The molecule has 0 bridgehead atoms. The summed E-state index contributed by atoms with van der Waals surface area (Å²) in [7, 11) is -3.25. The Bertz CT molecular complexity index is 583. The maximum atomic E-state index is 11.6. The first-order valence-corrected chi connectivity index (χ1v) is 7.78. The lowest BCUT2D eigenvalue weighted by molar-refractivity contribution is 0.469. The lowest BCUT2D eigenvalue weighted by Crippen LogP contribution is -2.05. The van der Waals surface area contributed by atoms with Crippen LogP contribution >= 0.6 is 23.3 Å². The standard InChI is InChI=1S/C9H9NO3S3/c1-5-4-7(8-10-15-6(2)13-8)9(14-5)16(3,11)12/h4H,2H2,1,3H3. The van der Waals surface area contributed by atoms with E-state index >= 15 is 0 Å². The van der Waals surface area contributed by atoms with Crippen molar-refractivity contribution in [2.75, 3.05) is 6.26 Å². The minimum atomic E-state index is -3.25. The Morgan fingerprint density at radius 1 is 1.50 bits per heavy atom. The number of hydrogen-bond acceptors (Lipinski definition) is 6. The Hall–Kier alpha value is -0.790. The molecule has 1 aromatic rings.